The van der Waals surface area contributed by atoms with E-state index < -0.39 is 4.92 Å². The lowest BCUT2D eigenvalue weighted by molar-refractivity contribution is -0.384. The molecular weight excluding hydrogens is 166 g/mol. The Morgan fingerprint density at radius 3 is 2.73 bits per heavy atom. The summed E-state index contributed by atoms with van der Waals surface area (Å²) in [6.45, 7) is 1.36. The van der Waals surface area contributed by atoms with Gasteiger partial charge >= 0.3 is 0 Å². The molecular formula is C6H4NO3S. The van der Waals surface area contributed by atoms with Crippen LogP contribution in [0, 0.1) is 15.5 Å². The van der Waals surface area contributed by atoms with Gasteiger partial charge in [-0.3, -0.25) is 14.9 Å². The second-order valence-corrected chi connectivity index (χ2v) is 2.76. The Hall–Kier alpha value is -1.23. The first-order chi connectivity index (χ1) is 5.11. The lowest BCUT2D eigenvalue weighted by Crippen LogP contribution is -1.86. The number of ketones is 1. The Morgan fingerprint density at radius 2 is 2.45 bits per heavy atom. The molecule has 57 valence electrons. The van der Waals surface area contributed by atoms with Crippen LogP contribution in [0.1, 0.15) is 16.6 Å². The Labute approximate surface area is 66.6 Å². The minimum atomic E-state index is -0.567. The van der Waals surface area contributed by atoms with Crippen molar-refractivity contribution in [3.05, 3.63) is 26.4 Å². The number of rotatable bonds is 2. The predicted octanol–water partition coefficient (Wildman–Crippen LogP) is 1.66. The maximum atomic E-state index is 10.6. The number of hydrogen-bond acceptors (Lipinski definition) is 4. The van der Waals surface area contributed by atoms with E-state index in [4.69, 9.17) is 0 Å². The average Bonchev–Trinajstić information content (AvgIpc) is 2.33. The zero-order chi connectivity index (χ0) is 8.43. The molecule has 0 spiro atoms. The molecule has 4 nitrogen and oxygen atoms in total. The third kappa shape index (κ3) is 1.62. The van der Waals surface area contributed by atoms with E-state index in [-0.39, 0.29) is 11.5 Å². The van der Waals surface area contributed by atoms with Gasteiger partial charge in [-0.05, 0) is 6.92 Å². The third-order valence-corrected chi connectivity index (χ3v) is 2.01. The molecule has 0 bridgehead atoms. The second-order valence-electron chi connectivity index (χ2n) is 1.91. The third-order valence-electron chi connectivity index (χ3n) is 1.08. The van der Waals surface area contributed by atoms with Crippen molar-refractivity contribution in [1.29, 1.82) is 0 Å². The topological polar surface area (TPSA) is 60.2 Å². The van der Waals surface area contributed by atoms with Crippen LogP contribution in [-0.4, -0.2) is 10.7 Å². The summed E-state index contributed by atoms with van der Waals surface area (Å²) >= 11 is 0.970. The zero-order valence-electron chi connectivity index (χ0n) is 5.66. The van der Waals surface area contributed by atoms with Crippen molar-refractivity contribution in [2.45, 2.75) is 6.92 Å². The molecule has 1 radical (unpaired) electrons. The van der Waals surface area contributed by atoms with E-state index in [1.807, 2.05) is 0 Å². The van der Waals surface area contributed by atoms with Crippen LogP contribution in [0.3, 0.4) is 0 Å². The Kier molecular flexibility index (Phi) is 2.00. The summed E-state index contributed by atoms with van der Waals surface area (Å²) in [5, 5.41) is 12.5. The fourth-order valence-electron chi connectivity index (χ4n) is 0.554. The van der Waals surface area contributed by atoms with Gasteiger partial charge in [0.05, 0.1) is 9.80 Å². The molecule has 0 unspecified atom stereocenters. The molecule has 5 heteroatoms. The zero-order valence-corrected chi connectivity index (χ0v) is 6.47. The van der Waals surface area contributed by atoms with E-state index >= 15 is 0 Å². The van der Waals surface area contributed by atoms with E-state index in [1.54, 1.807) is 0 Å². The smallest absolute Gasteiger partial charge is 0.289 e. The summed E-state index contributed by atoms with van der Waals surface area (Å²) in [5.41, 5.74) is -0.139. The van der Waals surface area contributed by atoms with E-state index in [0.717, 1.165) is 11.3 Å². The molecule has 0 aliphatic heterocycles. The standard InChI is InChI=1S/C6H4NO3S/c1-4(8)6-2-5(3-11-6)7(9)10/h2H,1H3. The number of carbonyl (C=O) groups excluding carboxylic acids is 1. The quantitative estimate of drug-likeness (QED) is 0.385. The normalized spacial score (nSPS) is 9.55. The van der Waals surface area contributed by atoms with E-state index in [1.165, 1.54) is 13.0 Å². The van der Waals surface area contributed by atoms with Crippen molar-refractivity contribution < 1.29 is 9.72 Å². The van der Waals surface area contributed by atoms with E-state index in [9.17, 15) is 14.9 Å². The highest BCUT2D eigenvalue weighted by molar-refractivity contribution is 7.12. The van der Waals surface area contributed by atoms with Gasteiger partial charge in [-0.15, -0.1) is 11.3 Å². The molecule has 1 heterocycles. The van der Waals surface area contributed by atoms with Crippen LogP contribution in [0.2, 0.25) is 0 Å². The van der Waals surface area contributed by atoms with Gasteiger partial charge in [0, 0.05) is 6.07 Å². The lowest BCUT2D eigenvalue weighted by atomic mass is 10.3. The van der Waals surface area contributed by atoms with Crippen molar-refractivity contribution in [2.75, 3.05) is 0 Å². The largest absolute Gasteiger partial charge is 0.294 e. The summed E-state index contributed by atoms with van der Waals surface area (Å²) in [6.07, 6.45) is 0. The summed E-state index contributed by atoms with van der Waals surface area (Å²) in [4.78, 5) is 20.6. The highest BCUT2D eigenvalue weighted by Crippen LogP contribution is 2.20. The van der Waals surface area contributed by atoms with Crippen LogP contribution in [-0.2, 0) is 0 Å². The van der Waals surface area contributed by atoms with Gasteiger partial charge in [-0.1, -0.05) is 0 Å². The molecule has 0 atom stereocenters. The molecule has 0 aliphatic carbocycles. The molecule has 11 heavy (non-hydrogen) atoms. The number of nitrogens with zero attached hydrogens (tertiary/aromatic N) is 1. The Bertz CT molecular complexity index is 276. The van der Waals surface area contributed by atoms with Crippen molar-refractivity contribution in [3.8, 4) is 0 Å². The molecule has 0 aliphatic rings. The maximum Gasteiger partial charge on any atom is 0.289 e. The minimum Gasteiger partial charge on any atom is -0.294 e. The Morgan fingerprint density at radius 1 is 1.82 bits per heavy atom. The van der Waals surface area contributed by atoms with Gasteiger partial charge in [-0.25, -0.2) is 0 Å². The fraction of sp³-hybridized carbons (Fsp3) is 0.167. The van der Waals surface area contributed by atoms with Gasteiger partial charge in [0.15, 0.2) is 5.78 Å². The van der Waals surface area contributed by atoms with Gasteiger partial charge in [0.1, 0.15) is 5.38 Å². The van der Waals surface area contributed by atoms with Crippen LogP contribution in [0.25, 0.3) is 0 Å². The second kappa shape index (κ2) is 2.79. The first kappa shape index (κ1) is 7.87. The minimum absolute atomic E-state index is 0.139. The van der Waals surface area contributed by atoms with E-state index in [0.29, 0.717) is 4.88 Å². The van der Waals surface area contributed by atoms with Crippen LogP contribution in [0.5, 0.6) is 0 Å². The van der Waals surface area contributed by atoms with Crippen LogP contribution < -0.4 is 0 Å². The monoisotopic (exact) mass is 170 g/mol. The SMILES string of the molecule is CC(=O)c1cc([N+](=O)[O-])[c]s1. The first-order valence-corrected chi connectivity index (χ1v) is 3.59. The van der Waals surface area contributed by atoms with Crippen LogP contribution in [0.4, 0.5) is 5.69 Å². The summed E-state index contributed by atoms with van der Waals surface area (Å²) < 4.78 is 0. The summed E-state index contributed by atoms with van der Waals surface area (Å²) in [6, 6.07) is 1.23. The van der Waals surface area contributed by atoms with Gasteiger partial charge in [0.25, 0.3) is 5.69 Å². The average molecular weight is 170 g/mol. The molecule has 0 aromatic carbocycles. The predicted molar refractivity (Wildman–Crippen MR) is 39.8 cm³/mol. The molecule has 1 aromatic heterocycles. The van der Waals surface area contributed by atoms with Crippen LogP contribution in [0.15, 0.2) is 6.07 Å². The molecule has 0 amide bonds. The maximum absolute atomic E-state index is 10.6. The lowest BCUT2D eigenvalue weighted by Gasteiger charge is -1.81. The molecule has 1 rings (SSSR count). The number of thiophene rings is 1. The highest BCUT2D eigenvalue weighted by atomic mass is 32.1. The van der Waals surface area contributed by atoms with Gasteiger partial charge in [0.2, 0.25) is 0 Å². The number of carbonyl (C=O) groups is 1. The first-order valence-electron chi connectivity index (χ1n) is 2.78. The summed E-state index contributed by atoms with van der Waals surface area (Å²) in [5.74, 6) is -0.167. The van der Waals surface area contributed by atoms with Gasteiger partial charge < -0.3 is 0 Å². The van der Waals surface area contributed by atoms with Crippen molar-refractivity contribution in [1.82, 2.24) is 0 Å². The molecule has 0 fully saturated rings. The number of hydrogen-bond donors (Lipinski definition) is 0. The van der Waals surface area contributed by atoms with Crippen molar-refractivity contribution in [3.63, 3.8) is 0 Å². The molecule has 0 N–H and O–H groups in total. The van der Waals surface area contributed by atoms with Gasteiger partial charge in [-0.2, -0.15) is 0 Å². The van der Waals surface area contributed by atoms with Crippen molar-refractivity contribution in [2.24, 2.45) is 0 Å². The summed E-state index contributed by atoms with van der Waals surface area (Å²) in [7, 11) is 0. The highest BCUT2D eigenvalue weighted by Gasteiger charge is 2.11. The van der Waals surface area contributed by atoms with E-state index in [2.05, 4.69) is 5.38 Å². The fourth-order valence-corrected chi connectivity index (χ4v) is 1.22. The molecule has 0 saturated heterocycles. The molecule has 0 saturated carbocycles. The number of nitro groups is 1. The Balaban J connectivity index is 2.99. The number of Topliss-reactive ketones (excluding diaryl/α,β-unsaturated/α-hetero) is 1. The van der Waals surface area contributed by atoms with Crippen molar-refractivity contribution >= 4 is 22.8 Å². The van der Waals surface area contributed by atoms with Crippen LogP contribution >= 0.6 is 11.3 Å². The molecule has 1 aromatic rings.